The van der Waals surface area contributed by atoms with Crippen LogP contribution in [-0.4, -0.2) is 24.9 Å². The first-order chi connectivity index (χ1) is 15.9. The Bertz CT molecular complexity index is 566. The Labute approximate surface area is 231 Å². The van der Waals surface area contributed by atoms with Gasteiger partial charge in [-0.2, -0.15) is 0 Å². The second kappa shape index (κ2) is 43.0. The number of unbranched alkanes of at least 4 members (excludes halogenated alkanes) is 3. The largest absolute Gasteiger partial charge is 0 e. The molecule has 10 heteroatoms. The topological polar surface area (TPSA) is 149 Å². The molecule has 8 nitrogen and oxygen atoms in total. The van der Waals surface area contributed by atoms with Crippen LogP contribution in [0.3, 0.4) is 0 Å². The third-order valence-electron chi connectivity index (χ3n) is 5.65. The van der Waals surface area contributed by atoms with Crippen LogP contribution in [0.2, 0.25) is 0 Å². The smallest absolute Gasteiger partial charge is 0 e. The van der Waals surface area contributed by atoms with Crippen LogP contribution in [0.4, 0.5) is 0 Å². The molecule has 0 amide bonds. The molecule has 0 aromatic heterocycles. The fourth-order valence-electron chi connectivity index (χ4n) is 3.39. The van der Waals surface area contributed by atoms with Gasteiger partial charge in [-0.15, -0.1) is 0 Å². The van der Waals surface area contributed by atoms with Gasteiger partial charge in [-0.25, -0.2) is 0 Å². The molecule has 0 saturated heterocycles. The number of hydrogen-bond acceptors (Lipinski definition) is 2. The van der Waals surface area contributed by atoms with Gasteiger partial charge in [-0.3, -0.25) is 0 Å². The molecule has 1 saturated carbocycles. The number of ether oxygens (including phenoxy) is 1. The Balaban J connectivity index is -0.0000000757. The summed E-state index contributed by atoms with van der Waals surface area (Å²) in [6.45, 7) is 36.9. The second-order valence-electron chi connectivity index (χ2n) is 7.38. The van der Waals surface area contributed by atoms with Crippen molar-refractivity contribution in [2.24, 2.45) is 16.7 Å². The number of rotatable bonds is 7. The molecule has 1 aliphatic carbocycles. The molecule has 1 aliphatic rings. The van der Waals surface area contributed by atoms with Crippen LogP contribution < -0.4 is 0 Å². The van der Waals surface area contributed by atoms with Crippen LogP contribution in [0.1, 0.15) is 72.6 Å². The SMILES string of the molecule is CCCCCC[C@H](O)C#C[C@]1(C)CC[C@@H](COC)C1(C)C.[C-]#[O+].[C-]#[O+].[C-]#[O+].[C-]#[O+].[C-]#[O+].[C-]#[O+].[Co].[Co]. The van der Waals surface area contributed by atoms with Crippen LogP contribution in [-0.2, 0) is 66.2 Å². The van der Waals surface area contributed by atoms with Crippen molar-refractivity contribution in [1.29, 1.82) is 0 Å². The summed E-state index contributed by atoms with van der Waals surface area (Å²) in [6, 6.07) is 0. The predicted octanol–water partition coefficient (Wildman–Crippen LogP) is 4.18. The van der Waals surface area contributed by atoms with E-state index in [0.29, 0.717) is 5.92 Å². The van der Waals surface area contributed by atoms with Crippen LogP contribution in [0.25, 0.3) is 0 Å². The zero-order valence-electron chi connectivity index (χ0n) is 20.8. The van der Waals surface area contributed by atoms with Crippen molar-refractivity contribution >= 4 is 0 Å². The van der Waals surface area contributed by atoms with Gasteiger partial charge in [-0.1, -0.05) is 51.9 Å². The van der Waals surface area contributed by atoms with E-state index in [0.717, 1.165) is 25.9 Å². The molecular weight excluding hydrogens is 546 g/mol. The Morgan fingerprint density at radius 2 is 1.29 bits per heavy atom. The molecule has 2 radical (unpaired) electrons. The third kappa shape index (κ3) is 25.8. The van der Waals surface area contributed by atoms with E-state index >= 15 is 0 Å². The maximum Gasteiger partial charge on any atom is 0 e. The van der Waals surface area contributed by atoms with Gasteiger partial charge in [0, 0.05) is 52.7 Å². The zero-order chi connectivity index (χ0) is 27.9. The van der Waals surface area contributed by atoms with Crippen molar-refractivity contribution in [3.63, 3.8) is 0 Å². The molecular formula is C25H34Co2O8. The first-order valence-corrected chi connectivity index (χ1v) is 9.79. The molecule has 0 aromatic rings. The van der Waals surface area contributed by atoms with E-state index in [-0.39, 0.29) is 44.4 Å². The molecule has 0 aliphatic heterocycles. The summed E-state index contributed by atoms with van der Waals surface area (Å²) in [5, 5.41) is 10.1. The van der Waals surface area contributed by atoms with E-state index in [4.69, 9.17) is 32.6 Å². The summed E-state index contributed by atoms with van der Waals surface area (Å²) >= 11 is 0. The average molecular weight is 580 g/mol. The Morgan fingerprint density at radius 3 is 1.66 bits per heavy atom. The Hall–Kier alpha value is -1.07. The average Bonchev–Trinajstić information content (AvgIpc) is 3.12. The van der Waals surface area contributed by atoms with E-state index in [1.807, 2.05) is 0 Å². The molecule has 200 valence electrons. The number of aliphatic hydroxyl groups is 1. The van der Waals surface area contributed by atoms with E-state index < -0.39 is 6.10 Å². The molecule has 35 heavy (non-hydrogen) atoms. The van der Waals surface area contributed by atoms with Gasteiger partial charge in [0.05, 0.1) is 0 Å². The number of aliphatic hydroxyl groups excluding tert-OH is 1. The Kier molecular flexibility index (Phi) is 67.3. The molecule has 0 heterocycles. The molecule has 0 spiro atoms. The molecule has 0 unspecified atom stereocenters. The molecule has 1 N–H and O–H groups in total. The van der Waals surface area contributed by atoms with Crippen LogP contribution in [0, 0.1) is 68.5 Å². The minimum atomic E-state index is -0.462. The van der Waals surface area contributed by atoms with Gasteiger partial charge < -0.3 is 9.84 Å². The summed E-state index contributed by atoms with van der Waals surface area (Å²) in [5.41, 5.74) is 0.124. The van der Waals surface area contributed by atoms with Gasteiger partial charge in [0.1, 0.15) is 6.10 Å². The van der Waals surface area contributed by atoms with Crippen LogP contribution in [0.15, 0.2) is 0 Å². The van der Waals surface area contributed by atoms with Gasteiger partial charge in [-0.05, 0) is 43.9 Å². The summed E-state index contributed by atoms with van der Waals surface area (Å²) in [7, 11) is 1.78. The van der Waals surface area contributed by atoms with Crippen molar-refractivity contribution in [2.45, 2.75) is 78.7 Å². The fourth-order valence-corrected chi connectivity index (χ4v) is 3.39. The second-order valence-corrected chi connectivity index (χ2v) is 7.38. The van der Waals surface area contributed by atoms with Crippen LogP contribution in [0.5, 0.6) is 0 Å². The summed E-state index contributed by atoms with van der Waals surface area (Å²) in [5.74, 6) is 7.11. The minimum Gasteiger partial charge on any atom is 0 e. The monoisotopic (exact) mass is 580 g/mol. The van der Waals surface area contributed by atoms with Crippen molar-refractivity contribution < 1.29 is 71.3 Å². The zero-order valence-corrected chi connectivity index (χ0v) is 22.9. The number of methoxy groups -OCH3 is 1. The number of hydrogen-bond donors (Lipinski definition) is 1. The summed E-state index contributed by atoms with van der Waals surface area (Å²) in [4.78, 5) is 0. The van der Waals surface area contributed by atoms with Gasteiger partial charge in [0.25, 0.3) is 0 Å². The first kappa shape index (κ1) is 54.7. The van der Waals surface area contributed by atoms with Crippen LogP contribution >= 0.6 is 0 Å². The molecule has 1 rings (SSSR count). The summed E-state index contributed by atoms with van der Waals surface area (Å²) < 4.78 is 50.4. The third-order valence-corrected chi connectivity index (χ3v) is 5.65. The van der Waals surface area contributed by atoms with E-state index in [1.165, 1.54) is 25.7 Å². The fraction of sp³-hybridized carbons (Fsp3) is 0.680. The van der Waals surface area contributed by atoms with Gasteiger partial charge in [0.15, 0.2) is 0 Å². The molecule has 1 fully saturated rings. The maximum absolute atomic E-state index is 10.1. The summed E-state index contributed by atoms with van der Waals surface area (Å²) in [6.07, 6.45) is 7.38. The molecule has 3 atom stereocenters. The van der Waals surface area contributed by atoms with E-state index in [1.54, 1.807) is 7.11 Å². The van der Waals surface area contributed by atoms with Crippen molar-refractivity contribution in [1.82, 2.24) is 0 Å². The van der Waals surface area contributed by atoms with E-state index in [9.17, 15) is 5.11 Å². The maximum atomic E-state index is 10.1. The van der Waals surface area contributed by atoms with Crippen molar-refractivity contribution in [2.75, 3.05) is 13.7 Å². The minimum absolute atomic E-state index is 0. The quantitative estimate of drug-likeness (QED) is 0.208. The van der Waals surface area contributed by atoms with Crippen molar-refractivity contribution in [3.05, 3.63) is 39.9 Å². The standard InChI is InChI=1S/C19H34O2.6CO.2Co/c1-6-7-8-9-10-17(20)12-14-19(4)13-11-16(15-21-5)18(19,2)3;6*1-2;;/h16-17,20H,6-11,13,15H2,1-5H3;;;;;;;;/t16-,17-,19-;;;;;;;;/m0......../s1. The van der Waals surface area contributed by atoms with Gasteiger partial charge in [0.2, 0.25) is 0 Å². The van der Waals surface area contributed by atoms with Crippen molar-refractivity contribution in [3.8, 4) is 11.8 Å². The van der Waals surface area contributed by atoms with E-state index in [2.05, 4.69) is 79.4 Å². The molecule has 0 aromatic carbocycles. The first-order valence-electron chi connectivity index (χ1n) is 9.79. The van der Waals surface area contributed by atoms with Gasteiger partial charge >= 0.3 is 67.8 Å². The predicted molar refractivity (Wildman–Crippen MR) is 113 cm³/mol. The normalized spacial score (nSPS) is 17.7. The Morgan fingerprint density at radius 1 is 0.857 bits per heavy atom. The molecule has 0 bridgehead atoms.